The van der Waals surface area contributed by atoms with Crippen LogP contribution in [0.25, 0.3) is 0 Å². The molecule has 0 unspecified atom stereocenters. The Balaban J connectivity index is 1.70. The SMILES string of the molecule is CC(C)COC(=O)c1ccc(Nc2ncnc(Sc3ccccc3)c2N)cc1. The van der Waals surface area contributed by atoms with E-state index in [1.54, 1.807) is 24.3 Å². The molecule has 0 aliphatic carbocycles. The molecule has 6 nitrogen and oxygen atoms in total. The number of carbonyl (C=O) groups is 1. The Labute approximate surface area is 168 Å². The molecule has 0 atom stereocenters. The van der Waals surface area contributed by atoms with Gasteiger partial charge in [0, 0.05) is 10.6 Å². The number of benzene rings is 2. The molecule has 0 bridgehead atoms. The van der Waals surface area contributed by atoms with Crippen LogP contribution in [-0.2, 0) is 4.74 Å². The van der Waals surface area contributed by atoms with Crippen LogP contribution in [0.4, 0.5) is 17.2 Å². The first kappa shape index (κ1) is 19.7. The number of aromatic nitrogens is 2. The van der Waals surface area contributed by atoms with Gasteiger partial charge in [-0.25, -0.2) is 14.8 Å². The van der Waals surface area contributed by atoms with Crippen molar-refractivity contribution in [3.8, 4) is 0 Å². The van der Waals surface area contributed by atoms with Gasteiger partial charge in [-0.05, 0) is 42.3 Å². The summed E-state index contributed by atoms with van der Waals surface area (Å²) in [7, 11) is 0. The van der Waals surface area contributed by atoms with Crippen LogP contribution in [0, 0.1) is 5.92 Å². The number of nitrogens with two attached hydrogens (primary N) is 1. The molecule has 0 amide bonds. The molecule has 0 saturated heterocycles. The minimum absolute atomic E-state index is 0.300. The third-order valence-electron chi connectivity index (χ3n) is 3.74. The minimum atomic E-state index is -0.330. The van der Waals surface area contributed by atoms with Gasteiger partial charge in [0.15, 0.2) is 5.82 Å². The van der Waals surface area contributed by atoms with Gasteiger partial charge in [0.2, 0.25) is 0 Å². The zero-order chi connectivity index (χ0) is 19.9. The van der Waals surface area contributed by atoms with Crippen molar-refractivity contribution in [3.05, 3.63) is 66.5 Å². The van der Waals surface area contributed by atoms with E-state index in [4.69, 9.17) is 10.5 Å². The molecule has 3 N–H and O–H groups in total. The number of nitrogens with one attached hydrogen (secondary N) is 1. The fourth-order valence-corrected chi connectivity index (χ4v) is 3.14. The van der Waals surface area contributed by atoms with Crippen LogP contribution in [0.3, 0.4) is 0 Å². The molecular weight excluding hydrogens is 372 g/mol. The zero-order valence-electron chi connectivity index (χ0n) is 15.8. The van der Waals surface area contributed by atoms with Crippen LogP contribution in [0.2, 0.25) is 0 Å². The number of esters is 1. The second-order valence-electron chi connectivity index (χ2n) is 6.55. The lowest BCUT2D eigenvalue weighted by Gasteiger charge is -2.11. The number of hydrogen-bond donors (Lipinski definition) is 2. The van der Waals surface area contributed by atoms with E-state index in [1.165, 1.54) is 18.1 Å². The lowest BCUT2D eigenvalue weighted by Crippen LogP contribution is -2.10. The minimum Gasteiger partial charge on any atom is -0.462 e. The molecule has 3 rings (SSSR count). The first-order chi connectivity index (χ1) is 13.5. The van der Waals surface area contributed by atoms with E-state index in [1.807, 2.05) is 44.2 Å². The maximum atomic E-state index is 12.0. The third-order valence-corrected chi connectivity index (χ3v) is 4.76. The number of hydrogen-bond acceptors (Lipinski definition) is 7. The smallest absolute Gasteiger partial charge is 0.338 e. The molecule has 0 spiro atoms. The van der Waals surface area contributed by atoms with Gasteiger partial charge in [0.25, 0.3) is 0 Å². The summed E-state index contributed by atoms with van der Waals surface area (Å²) < 4.78 is 5.24. The molecule has 1 heterocycles. The lowest BCUT2D eigenvalue weighted by molar-refractivity contribution is 0.0459. The Kier molecular flexibility index (Phi) is 6.49. The van der Waals surface area contributed by atoms with Crippen LogP contribution in [0.5, 0.6) is 0 Å². The summed E-state index contributed by atoms with van der Waals surface area (Å²) >= 11 is 1.48. The molecule has 7 heteroatoms. The lowest BCUT2D eigenvalue weighted by atomic mass is 10.2. The van der Waals surface area contributed by atoms with Gasteiger partial charge in [-0.15, -0.1) is 0 Å². The van der Waals surface area contributed by atoms with Crippen LogP contribution in [0.15, 0.2) is 70.8 Å². The quantitative estimate of drug-likeness (QED) is 0.441. The number of anilines is 3. The van der Waals surface area contributed by atoms with Gasteiger partial charge < -0.3 is 15.8 Å². The Hall–Kier alpha value is -3.06. The fourth-order valence-electron chi connectivity index (χ4n) is 2.31. The summed E-state index contributed by atoms with van der Waals surface area (Å²) in [6.45, 7) is 4.39. The van der Waals surface area contributed by atoms with Crippen molar-refractivity contribution >= 4 is 34.9 Å². The van der Waals surface area contributed by atoms with E-state index in [9.17, 15) is 4.79 Å². The predicted octanol–water partition coefficient (Wildman–Crippen LogP) is 4.77. The van der Waals surface area contributed by atoms with Gasteiger partial charge in [0.1, 0.15) is 17.0 Å². The van der Waals surface area contributed by atoms with Gasteiger partial charge in [0.05, 0.1) is 12.2 Å². The Morgan fingerprint density at radius 3 is 2.50 bits per heavy atom. The van der Waals surface area contributed by atoms with E-state index < -0.39 is 0 Å². The summed E-state index contributed by atoms with van der Waals surface area (Å²) in [5.74, 6) is 0.487. The molecule has 2 aromatic carbocycles. The van der Waals surface area contributed by atoms with Crippen molar-refractivity contribution in [3.63, 3.8) is 0 Å². The van der Waals surface area contributed by atoms with E-state index in [2.05, 4.69) is 15.3 Å². The van der Waals surface area contributed by atoms with Gasteiger partial charge in [-0.3, -0.25) is 0 Å². The summed E-state index contributed by atoms with van der Waals surface area (Å²) in [6.07, 6.45) is 1.47. The summed E-state index contributed by atoms with van der Waals surface area (Å²) in [5.41, 5.74) is 7.98. The first-order valence-electron chi connectivity index (χ1n) is 8.90. The van der Waals surface area contributed by atoms with Crippen molar-refractivity contribution in [2.24, 2.45) is 5.92 Å². The highest BCUT2D eigenvalue weighted by molar-refractivity contribution is 7.99. The van der Waals surface area contributed by atoms with E-state index in [-0.39, 0.29) is 5.97 Å². The number of ether oxygens (including phenoxy) is 1. The summed E-state index contributed by atoms with van der Waals surface area (Å²) in [4.78, 5) is 21.6. The molecule has 1 aromatic heterocycles. The van der Waals surface area contributed by atoms with Crippen LogP contribution in [-0.4, -0.2) is 22.5 Å². The van der Waals surface area contributed by atoms with Crippen molar-refractivity contribution in [2.75, 3.05) is 17.7 Å². The average Bonchev–Trinajstić information content (AvgIpc) is 2.70. The average molecular weight is 395 g/mol. The van der Waals surface area contributed by atoms with Crippen molar-refractivity contribution in [2.45, 2.75) is 23.8 Å². The van der Waals surface area contributed by atoms with Crippen LogP contribution < -0.4 is 11.1 Å². The molecule has 0 aliphatic heterocycles. The van der Waals surface area contributed by atoms with E-state index in [0.29, 0.717) is 34.6 Å². The molecular formula is C21H22N4O2S. The summed E-state index contributed by atoms with van der Waals surface area (Å²) in [5, 5.41) is 3.85. The molecule has 0 saturated carbocycles. The Morgan fingerprint density at radius 2 is 1.82 bits per heavy atom. The molecule has 0 radical (unpaired) electrons. The molecule has 3 aromatic rings. The first-order valence-corrected chi connectivity index (χ1v) is 9.72. The van der Waals surface area contributed by atoms with Crippen molar-refractivity contribution in [1.82, 2.24) is 9.97 Å². The van der Waals surface area contributed by atoms with Gasteiger partial charge >= 0.3 is 5.97 Å². The maximum Gasteiger partial charge on any atom is 0.338 e. The fraction of sp³-hybridized carbons (Fsp3) is 0.190. The highest BCUT2D eigenvalue weighted by Gasteiger charge is 2.11. The van der Waals surface area contributed by atoms with E-state index in [0.717, 1.165) is 10.6 Å². The van der Waals surface area contributed by atoms with Crippen LogP contribution >= 0.6 is 11.8 Å². The number of carbonyl (C=O) groups excluding carboxylic acids is 1. The number of rotatable bonds is 7. The number of nitrogens with zero attached hydrogens (tertiary/aromatic N) is 2. The van der Waals surface area contributed by atoms with Gasteiger partial charge in [-0.2, -0.15) is 0 Å². The molecule has 28 heavy (non-hydrogen) atoms. The highest BCUT2D eigenvalue weighted by Crippen LogP contribution is 2.33. The Bertz CT molecular complexity index is 931. The standard InChI is InChI=1S/C21H22N4O2S/c1-14(2)12-27-21(26)15-8-10-16(11-9-15)25-19-18(22)20(24-13-23-19)28-17-6-4-3-5-7-17/h3-11,13-14H,12,22H2,1-2H3,(H,23,24,25). The second kappa shape index (κ2) is 9.23. The third kappa shape index (κ3) is 5.23. The maximum absolute atomic E-state index is 12.0. The highest BCUT2D eigenvalue weighted by atomic mass is 32.2. The summed E-state index contributed by atoms with van der Waals surface area (Å²) in [6, 6.07) is 16.9. The predicted molar refractivity (Wildman–Crippen MR) is 112 cm³/mol. The zero-order valence-corrected chi connectivity index (χ0v) is 16.6. The van der Waals surface area contributed by atoms with E-state index >= 15 is 0 Å². The monoisotopic (exact) mass is 394 g/mol. The topological polar surface area (TPSA) is 90.1 Å². The normalized spacial score (nSPS) is 10.7. The van der Waals surface area contributed by atoms with Crippen LogP contribution in [0.1, 0.15) is 24.2 Å². The Morgan fingerprint density at radius 1 is 1.11 bits per heavy atom. The molecule has 144 valence electrons. The number of nitrogen functional groups attached to an aromatic ring is 1. The molecule has 0 fully saturated rings. The second-order valence-corrected chi connectivity index (χ2v) is 7.61. The van der Waals surface area contributed by atoms with Crippen molar-refractivity contribution < 1.29 is 9.53 Å². The van der Waals surface area contributed by atoms with Crippen molar-refractivity contribution in [1.29, 1.82) is 0 Å². The van der Waals surface area contributed by atoms with Gasteiger partial charge in [-0.1, -0.05) is 43.8 Å². The largest absolute Gasteiger partial charge is 0.462 e. The molecule has 0 aliphatic rings.